The van der Waals surface area contributed by atoms with E-state index in [1.807, 2.05) is 12.1 Å². The number of aromatic amines is 1. The number of carbonyl (C=O) groups excluding carboxylic acids is 2. The second-order valence-electron chi connectivity index (χ2n) is 5.33. The summed E-state index contributed by atoms with van der Waals surface area (Å²) in [5.41, 5.74) is 4.19. The minimum Gasteiger partial charge on any atom is -0.454 e. The first-order valence-electron chi connectivity index (χ1n) is 6.95. The van der Waals surface area contributed by atoms with Crippen LogP contribution in [0.4, 0.5) is 0 Å². The van der Waals surface area contributed by atoms with Crippen molar-refractivity contribution in [2.75, 3.05) is 6.61 Å². The largest absolute Gasteiger partial charge is 0.454 e. The molecule has 1 heterocycles. The Morgan fingerprint density at radius 1 is 1.25 bits per heavy atom. The number of benzene rings is 1. The zero-order chi connectivity index (χ0) is 14.1. The van der Waals surface area contributed by atoms with E-state index >= 15 is 0 Å². The number of ketones is 1. The lowest BCUT2D eigenvalue weighted by molar-refractivity contribution is -0.120. The number of nitrogens with one attached hydrogen (secondary N) is 1. The van der Waals surface area contributed by atoms with E-state index in [1.165, 1.54) is 31.0 Å². The Balaban J connectivity index is 1.93. The maximum absolute atomic E-state index is 11.9. The van der Waals surface area contributed by atoms with Crippen LogP contribution in [0.15, 0.2) is 18.2 Å². The Labute approximate surface area is 117 Å². The molecule has 3 rings (SSSR count). The van der Waals surface area contributed by atoms with Gasteiger partial charge in [0.15, 0.2) is 5.78 Å². The number of H-pyrrole nitrogens is 1. The molecule has 20 heavy (non-hydrogen) atoms. The summed E-state index contributed by atoms with van der Waals surface area (Å²) in [6, 6.07) is 5.53. The number of carbonyl (C=O) groups is 2. The van der Waals surface area contributed by atoms with Gasteiger partial charge in [0.25, 0.3) is 0 Å². The van der Waals surface area contributed by atoms with Crippen LogP contribution in [0.3, 0.4) is 0 Å². The predicted molar refractivity (Wildman–Crippen MR) is 75.9 cm³/mol. The summed E-state index contributed by atoms with van der Waals surface area (Å²) in [6.07, 6.45) is 4.54. The first kappa shape index (κ1) is 12.9. The molecular formula is C16H17NO3. The van der Waals surface area contributed by atoms with Gasteiger partial charge in [-0.3, -0.25) is 4.79 Å². The highest BCUT2D eigenvalue weighted by atomic mass is 16.5. The summed E-state index contributed by atoms with van der Waals surface area (Å²) < 4.78 is 4.96. The van der Waals surface area contributed by atoms with Gasteiger partial charge in [-0.25, -0.2) is 4.79 Å². The number of aromatic nitrogens is 1. The van der Waals surface area contributed by atoms with Gasteiger partial charge in [-0.2, -0.15) is 0 Å². The van der Waals surface area contributed by atoms with E-state index < -0.39 is 5.97 Å². The molecule has 0 bridgehead atoms. The van der Waals surface area contributed by atoms with Gasteiger partial charge in [-0.15, -0.1) is 0 Å². The molecule has 104 valence electrons. The highest BCUT2D eigenvalue weighted by Crippen LogP contribution is 2.29. The van der Waals surface area contributed by atoms with E-state index in [-0.39, 0.29) is 12.4 Å². The van der Waals surface area contributed by atoms with Crippen molar-refractivity contribution in [2.45, 2.75) is 32.6 Å². The number of aryl methyl sites for hydroxylation is 2. The average Bonchev–Trinajstić information content (AvgIpc) is 2.82. The van der Waals surface area contributed by atoms with E-state index in [4.69, 9.17) is 4.74 Å². The zero-order valence-corrected chi connectivity index (χ0v) is 11.5. The topological polar surface area (TPSA) is 59.2 Å². The van der Waals surface area contributed by atoms with Crippen LogP contribution in [-0.2, 0) is 22.4 Å². The maximum atomic E-state index is 11.9. The molecule has 1 aromatic carbocycles. The summed E-state index contributed by atoms with van der Waals surface area (Å²) >= 11 is 0. The van der Waals surface area contributed by atoms with Crippen molar-refractivity contribution in [3.63, 3.8) is 0 Å². The zero-order valence-electron chi connectivity index (χ0n) is 11.5. The van der Waals surface area contributed by atoms with Gasteiger partial charge in [0.05, 0.1) is 5.56 Å². The Morgan fingerprint density at radius 3 is 2.85 bits per heavy atom. The highest BCUT2D eigenvalue weighted by Gasteiger charge is 2.17. The number of esters is 1. The van der Waals surface area contributed by atoms with Crippen LogP contribution >= 0.6 is 0 Å². The molecule has 0 aliphatic heterocycles. The fraction of sp³-hybridized carbons (Fsp3) is 0.375. The third-order valence-corrected chi connectivity index (χ3v) is 3.74. The van der Waals surface area contributed by atoms with Crippen LogP contribution < -0.4 is 0 Å². The van der Waals surface area contributed by atoms with Crippen LogP contribution in [0.5, 0.6) is 0 Å². The van der Waals surface area contributed by atoms with Crippen molar-refractivity contribution in [1.82, 2.24) is 4.98 Å². The highest BCUT2D eigenvalue weighted by molar-refractivity contribution is 5.97. The Hall–Kier alpha value is -2.10. The van der Waals surface area contributed by atoms with Crippen molar-refractivity contribution >= 4 is 22.7 Å². The van der Waals surface area contributed by atoms with Crippen LogP contribution in [-0.4, -0.2) is 23.3 Å². The molecule has 0 saturated heterocycles. The third-order valence-electron chi connectivity index (χ3n) is 3.74. The molecule has 2 aromatic rings. The van der Waals surface area contributed by atoms with Crippen LogP contribution in [0.25, 0.3) is 10.9 Å². The van der Waals surface area contributed by atoms with Crippen molar-refractivity contribution in [2.24, 2.45) is 0 Å². The molecule has 1 aliphatic rings. The summed E-state index contributed by atoms with van der Waals surface area (Å²) in [7, 11) is 0. The van der Waals surface area contributed by atoms with Crippen molar-refractivity contribution in [3.8, 4) is 0 Å². The molecule has 4 nitrogen and oxygen atoms in total. The number of ether oxygens (including phenoxy) is 1. The van der Waals surface area contributed by atoms with Gasteiger partial charge >= 0.3 is 5.97 Å². The normalized spacial score (nSPS) is 14.1. The lowest BCUT2D eigenvalue weighted by Crippen LogP contribution is -2.11. The second kappa shape index (κ2) is 5.12. The van der Waals surface area contributed by atoms with Gasteiger partial charge in [0, 0.05) is 16.6 Å². The Kier molecular flexibility index (Phi) is 3.30. The fourth-order valence-electron chi connectivity index (χ4n) is 2.78. The summed E-state index contributed by atoms with van der Waals surface area (Å²) in [5.74, 6) is -0.591. The smallest absolute Gasteiger partial charge is 0.338 e. The molecule has 0 atom stereocenters. The molecule has 0 fully saturated rings. The molecule has 0 spiro atoms. The van der Waals surface area contributed by atoms with Crippen LogP contribution in [0, 0.1) is 0 Å². The number of hydrogen-bond acceptors (Lipinski definition) is 3. The molecule has 1 aliphatic carbocycles. The van der Waals surface area contributed by atoms with Crippen LogP contribution in [0.2, 0.25) is 0 Å². The SMILES string of the molecule is CC(=O)COC(=O)c1ccc2[nH]c3c(c2c1)CCCC3. The summed E-state index contributed by atoms with van der Waals surface area (Å²) in [4.78, 5) is 26.2. The van der Waals surface area contributed by atoms with E-state index in [9.17, 15) is 9.59 Å². The first-order chi connectivity index (χ1) is 9.65. The lowest BCUT2D eigenvalue weighted by Gasteiger charge is -2.10. The standard InChI is InChI=1S/C16H17NO3/c1-10(18)9-20-16(19)11-6-7-15-13(8-11)12-4-2-3-5-14(12)17-15/h6-8,17H,2-5,9H2,1H3. The van der Waals surface area contributed by atoms with E-state index in [0.29, 0.717) is 5.56 Å². The monoisotopic (exact) mass is 271 g/mol. The number of fused-ring (bicyclic) bond motifs is 3. The Bertz CT molecular complexity index is 684. The molecular weight excluding hydrogens is 254 g/mol. The van der Waals surface area contributed by atoms with Crippen molar-refractivity contribution < 1.29 is 14.3 Å². The van der Waals surface area contributed by atoms with Gasteiger partial charge in [-0.05, 0) is 56.4 Å². The van der Waals surface area contributed by atoms with Gasteiger partial charge in [0.1, 0.15) is 6.61 Å². The van der Waals surface area contributed by atoms with Gasteiger partial charge in [0.2, 0.25) is 0 Å². The first-order valence-corrected chi connectivity index (χ1v) is 6.95. The average molecular weight is 271 g/mol. The minimum atomic E-state index is -0.437. The number of Topliss-reactive ketones (excluding diaryl/α,β-unsaturated/α-hetero) is 1. The molecule has 1 N–H and O–H groups in total. The molecule has 0 unspecified atom stereocenters. The predicted octanol–water partition coefficient (Wildman–Crippen LogP) is 2.79. The molecule has 0 radical (unpaired) electrons. The quantitative estimate of drug-likeness (QED) is 0.873. The maximum Gasteiger partial charge on any atom is 0.338 e. The third kappa shape index (κ3) is 2.33. The number of rotatable bonds is 3. The van der Waals surface area contributed by atoms with Crippen molar-refractivity contribution in [3.05, 3.63) is 35.0 Å². The lowest BCUT2D eigenvalue weighted by atomic mass is 9.95. The van der Waals surface area contributed by atoms with E-state index in [1.54, 1.807) is 6.07 Å². The van der Waals surface area contributed by atoms with Gasteiger partial charge in [-0.1, -0.05) is 0 Å². The van der Waals surface area contributed by atoms with E-state index in [0.717, 1.165) is 23.7 Å². The molecule has 0 saturated carbocycles. The number of hydrogen-bond donors (Lipinski definition) is 1. The second-order valence-corrected chi connectivity index (χ2v) is 5.33. The summed E-state index contributed by atoms with van der Waals surface area (Å²) in [6.45, 7) is 1.24. The molecule has 1 aromatic heterocycles. The minimum absolute atomic E-state index is 0.154. The fourth-order valence-corrected chi connectivity index (χ4v) is 2.78. The van der Waals surface area contributed by atoms with Crippen LogP contribution in [0.1, 0.15) is 41.4 Å². The Morgan fingerprint density at radius 2 is 2.05 bits per heavy atom. The molecule has 4 heteroatoms. The van der Waals surface area contributed by atoms with E-state index in [2.05, 4.69) is 4.98 Å². The van der Waals surface area contributed by atoms with Crippen molar-refractivity contribution in [1.29, 1.82) is 0 Å². The van der Waals surface area contributed by atoms with Gasteiger partial charge < -0.3 is 9.72 Å². The molecule has 0 amide bonds. The summed E-state index contributed by atoms with van der Waals surface area (Å²) in [5, 5.41) is 1.11.